The van der Waals surface area contributed by atoms with Crippen molar-refractivity contribution in [2.24, 2.45) is 0 Å². The molecule has 0 aliphatic rings. The van der Waals surface area contributed by atoms with Crippen LogP contribution in [-0.4, -0.2) is 0 Å². The summed E-state index contributed by atoms with van der Waals surface area (Å²) in [4.78, 5) is 0. The quantitative estimate of drug-likeness (QED) is 0.694. The number of rotatable bonds is 1. The average molecular weight is 202 g/mol. The molecule has 0 saturated carbocycles. The predicted molar refractivity (Wildman–Crippen MR) is 54.7 cm³/mol. The fourth-order valence-electron chi connectivity index (χ4n) is 1.44. The topological polar surface area (TPSA) is 26.0 Å². The Balaban J connectivity index is 3.56. The van der Waals surface area contributed by atoms with Crippen molar-refractivity contribution in [2.75, 3.05) is 5.73 Å². The molecule has 0 unspecified atom stereocenters. The summed E-state index contributed by atoms with van der Waals surface area (Å²) in [5, 5.41) is 0.499. The molecule has 1 aromatic rings. The number of hydrogen-bond donors (Lipinski definition) is 1. The van der Waals surface area contributed by atoms with Crippen LogP contribution in [0.3, 0.4) is 0 Å². The second-order valence-electron chi connectivity index (χ2n) is 3.12. The van der Waals surface area contributed by atoms with Crippen molar-refractivity contribution in [1.82, 2.24) is 0 Å². The molecule has 0 spiro atoms. The lowest BCUT2D eigenvalue weighted by atomic mass is 10.0. The molecule has 0 aromatic heterocycles. The van der Waals surface area contributed by atoms with Crippen molar-refractivity contribution < 1.29 is 4.39 Å². The van der Waals surface area contributed by atoms with Gasteiger partial charge >= 0.3 is 0 Å². The maximum Gasteiger partial charge on any atom is 0.131 e. The molecule has 0 atom stereocenters. The van der Waals surface area contributed by atoms with Crippen molar-refractivity contribution in [3.05, 3.63) is 27.5 Å². The molecule has 0 radical (unpaired) electrons. The maximum absolute atomic E-state index is 13.5. The summed E-state index contributed by atoms with van der Waals surface area (Å²) in [6, 6.07) is 0. The van der Waals surface area contributed by atoms with Gasteiger partial charge in [-0.05, 0) is 31.4 Å². The molecule has 1 nitrogen and oxygen atoms in total. The third-order valence-electron chi connectivity index (χ3n) is 2.37. The van der Waals surface area contributed by atoms with Crippen LogP contribution in [-0.2, 0) is 6.42 Å². The maximum atomic E-state index is 13.5. The third kappa shape index (κ3) is 1.51. The van der Waals surface area contributed by atoms with E-state index < -0.39 is 0 Å². The molecule has 0 saturated heterocycles. The van der Waals surface area contributed by atoms with E-state index in [1.54, 1.807) is 13.8 Å². The highest BCUT2D eigenvalue weighted by molar-refractivity contribution is 6.34. The highest BCUT2D eigenvalue weighted by Gasteiger charge is 2.14. The summed E-state index contributed by atoms with van der Waals surface area (Å²) in [6.07, 6.45) is 0.700. The molecular formula is C10H13ClFN. The van der Waals surface area contributed by atoms with Gasteiger partial charge < -0.3 is 5.73 Å². The number of anilines is 1. The van der Waals surface area contributed by atoms with E-state index in [1.165, 1.54) is 0 Å². The van der Waals surface area contributed by atoms with Crippen molar-refractivity contribution in [2.45, 2.75) is 27.2 Å². The van der Waals surface area contributed by atoms with Gasteiger partial charge in [0, 0.05) is 5.56 Å². The zero-order chi connectivity index (χ0) is 10.2. The first kappa shape index (κ1) is 10.3. The highest BCUT2D eigenvalue weighted by Crippen LogP contribution is 2.32. The Morgan fingerprint density at radius 1 is 1.31 bits per heavy atom. The largest absolute Gasteiger partial charge is 0.397 e. The van der Waals surface area contributed by atoms with E-state index >= 15 is 0 Å². The van der Waals surface area contributed by atoms with Gasteiger partial charge in [0.2, 0.25) is 0 Å². The minimum Gasteiger partial charge on any atom is -0.397 e. The Hall–Kier alpha value is -0.760. The Kier molecular flexibility index (Phi) is 2.81. The van der Waals surface area contributed by atoms with Crippen LogP contribution in [0, 0.1) is 19.7 Å². The molecule has 2 N–H and O–H groups in total. The Labute approximate surface area is 82.7 Å². The van der Waals surface area contributed by atoms with Crippen LogP contribution < -0.4 is 5.73 Å². The van der Waals surface area contributed by atoms with Crippen molar-refractivity contribution in [3.63, 3.8) is 0 Å². The smallest absolute Gasteiger partial charge is 0.131 e. The molecule has 0 heterocycles. The van der Waals surface area contributed by atoms with E-state index in [2.05, 4.69) is 0 Å². The molecule has 0 fully saturated rings. The lowest BCUT2D eigenvalue weighted by Crippen LogP contribution is -2.02. The molecule has 72 valence electrons. The summed E-state index contributed by atoms with van der Waals surface area (Å²) in [7, 11) is 0. The van der Waals surface area contributed by atoms with E-state index in [0.29, 0.717) is 28.3 Å². The Morgan fingerprint density at radius 2 is 1.85 bits per heavy atom. The minimum absolute atomic E-state index is 0.237. The summed E-state index contributed by atoms with van der Waals surface area (Å²) in [6.45, 7) is 5.30. The molecule has 0 bridgehead atoms. The van der Waals surface area contributed by atoms with Gasteiger partial charge in [-0.1, -0.05) is 18.5 Å². The van der Waals surface area contributed by atoms with Gasteiger partial charge in [0.1, 0.15) is 5.82 Å². The monoisotopic (exact) mass is 201 g/mol. The SMILES string of the molecule is CCc1c(C)c(F)c(C)c(N)c1Cl. The summed E-state index contributed by atoms with van der Waals surface area (Å²) < 4.78 is 13.5. The molecule has 1 aromatic carbocycles. The van der Waals surface area contributed by atoms with Crippen LogP contribution in [0.25, 0.3) is 0 Å². The van der Waals surface area contributed by atoms with Gasteiger partial charge in [-0.2, -0.15) is 0 Å². The van der Waals surface area contributed by atoms with Crippen LogP contribution >= 0.6 is 11.6 Å². The van der Waals surface area contributed by atoms with Crippen molar-refractivity contribution in [3.8, 4) is 0 Å². The Bertz CT molecular complexity index is 318. The normalized spacial score (nSPS) is 10.5. The highest BCUT2D eigenvalue weighted by atomic mass is 35.5. The van der Waals surface area contributed by atoms with E-state index in [1.807, 2.05) is 6.92 Å². The van der Waals surface area contributed by atoms with Crippen LogP contribution in [0.4, 0.5) is 10.1 Å². The van der Waals surface area contributed by atoms with E-state index in [4.69, 9.17) is 17.3 Å². The predicted octanol–water partition coefficient (Wildman–Crippen LogP) is 3.24. The summed E-state index contributed by atoms with van der Waals surface area (Å²) >= 11 is 5.98. The number of benzene rings is 1. The minimum atomic E-state index is -0.237. The van der Waals surface area contributed by atoms with Crippen LogP contribution in [0.1, 0.15) is 23.6 Å². The fourth-order valence-corrected chi connectivity index (χ4v) is 1.86. The zero-order valence-corrected chi connectivity index (χ0v) is 8.80. The van der Waals surface area contributed by atoms with Crippen molar-refractivity contribution >= 4 is 17.3 Å². The van der Waals surface area contributed by atoms with Gasteiger partial charge in [0.25, 0.3) is 0 Å². The van der Waals surface area contributed by atoms with E-state index in [-0.39, 0.29) is 5.82 Å². The van der Waals surface area contributed by atoms with Crippen LogP contribution in [0.15, 0.2) is 0 Å². The molecule has 0 aliphatic carbocycles. The zero-order valence-electron chi connectivity index (χ0n) is 8.04. The van der Waals surface area contributed by atoms with Gasteiger partial charge in [-0.15, -0.1) is 0 Å². The number of nitrogen functional groups attached to an aromatic ring is 1. The molecule has 0 aliphatic heterocycles. The van der Waals surface area contributed by atoms with E-state index in [9.17, 15) is 4.39 Å². The fraction of sp³-hybridized carbons (Fsp3) is 0.400. The van der Waals surface area contributed by atoms with E-state index in [0.717, 1.165) is 5.56 Å². The number of hydrogen-bond acceptors (Lipinski definition) is 1. The first-order chi connectivity index (χ1) is 6.00. The standard InChI is InChI=1S/C10H13ClFN/c1-4-7-5(2)9(12)6(3)10(13)8(7)11/h4,13H2,1-3H3. The van der Waals surface area contributed by atoms with Gasteiger partial charge in [0.15, 0.2) is 0 Å². The molecule has 3 heteroatoms. The van der Waals surface area contributed by atoms with Gasteiger partial charge in [-0.3, -0.25) is 0 Å². The van der Waals surface area contributed by atoms with Crippen LogP contribution in [0.2, 0.25) is 5.02 Å². The second kappa shape index (κ2) is 3.54. The van der Waals surface area contributed by atoms with Crippen LogP contribution in [0.5, 0.6) is 0 Å². The molecule has 0 amide bonds. The van der Waals surface area contributed by atoms with Gasteiger partial charge in [-0.25, -0.2) is 4.39 Å². The first-order valence-electron chi connectivity index (χ1n) is 4.23. The second-order valence-corrected chi connectivity index (χ2v) is 3.50. The lowest BCUT2D eigenvalue weighted by molar-refractivity contribution is 0.607. The molecule has 13 heavy (non-hydrogen) atoms. The van der Waals surface area contributed by atoms with Gasteiger partial charge in [0.05, 0.1) is 10.7 Å². The van der Waals surface area contributed by atoms with Crippen molar-refractivity contribution in [1.29, 1.82) is 0 Å². The first-order valence-corrected chi connectivity index (χ1v) is 4.61. The number of halogens is 2. The third-order valence-corrected chi connectivity index (χ3v) is 2.80. The number of nitrogens with two attached hydrogens (primary N) is 1. The summed E-state index contributed by atoms with van der Waals surface area (Å²) in [5.74, 6) is -0.237. The molecular weight excluding hydrogens is 189 g/mol. The summed E-state index contributed by atoms with van der Waals surface area (Å²) in [5.41, 5.74) is 7.88. The average Bonchev–Trinajstić information content (AvgIpc) is 2.13. The lowest BCUT2D eigenvalue weighted by Gasteiger charge is -2.12. The molecule has 1 rings (SSSR count). The Morgan fingerprint density at radius 3 is 2.31 bits per heavy atom.